The van der Waals surface area contributed by atoms with Crippen LogP contribution in [0.4, 0.5) is 0 Å². The molecule has 0 radical (unpaired) electrons. The Morgan fingerprint density at radius 3 is 2.23 bits per heavy atom. The molecule has 0 fully saturated rings. The van der Waals surface area contributed by atoms with Crippen molar-refractivity contribution in [2.45, 2.75) is 27.2 Å². The molecule has 0 saturated carbocycles. The van der Waals surface area contributed by atoms with Crippen LogP contribution in [0.5, 0.6) is 0 Å². The van der Waals surface area contributed by atoms with Gasteiger partial charge in [-0.3, -0.25) is 0 Å². The molecule has 0 heterocycles. The van der Waals surface area contributed by atoms with Crippen molar-refractivity contribution in [3.63, 3.8) is 0 Å². The van der Waals surface area contributed by atoms with E-state index in [1.165, 1.54) is 0 Å². The number of hydrogen-bond acceptors (Lipinski definition) is 1. The van der Waals surface area contributed by atoms with E-state index < -0.39 is 5.97 Å². The molecule has 0 rings (SSSR count). The highest BCUT2D eigenvalue weighted by atomic mass is 16.4. The predicted molar refractivity (Wildman–Crippen MR) is 54.6 cm³/mol. The van der Waals surface area contributed by atoms with Crippen LogP contribution in [-0.2, 0) is 4.79 Å². The fraction of sp³-hybridized carbons (Fsp3) is 0.364. The summed E-state index contributed by atoms with van der Waals surface area (Å²) in [5.74, 6) is -0.907. The van der Waals surface area contributed by atoms with Crippen molar-refractivity contribution in [2.24, 2.45) is 0 Å². The Bertz CT molecular complexity index is 266. The summed E-state index contributed by atoms with van der Waals surface area (Å²) in [5, 5.41) is 8.81. The van der Waals surface area contributed by atoms with Crippen LogP contribution in [0.15, 0.2) is 35.5 Å². The van der Waals surface area contributed by atoms with Gasteiger partial charge in [0.15, 0.2) is 0 Å². The molecule has 0 atom stereocenters. The van der Waals surface area contributed by atoms with Crippen molar-refractivity contribution in [1.82, 2.24) is 0 Å². The third-order valence-electron chi connectivity index (χ3n) is 1.50. The molecule has 72 valence electrons. The van der Waals surface area contributed by atoms with Gasteiger partial charge in [-0.25, -0.2) is 4.79 Å². The average Bonchev–Trinajstić information content (AvgIpc) is 2.02. The molecule has 0 aliphatic rings. The first kappa shape index (κ1) is 11.7. The minimum absolute atomic E-state index is 0.298. The van der Waals surface area contributed by atoms with Crippen molar-refractivity contribution in [2.75, 3.05) is 0 Å². The maximum Gasteiger partial charge on any atom is 0.335 e. The second-order valence-corrected chi connectivity index (χ2v) is 3.14. The highest BCUT2D eigenvalue weighted by Crippen LogP contribution is 2.08. The second-order valence-electron chi connectivity index (χ2n) is 3.14. The number of carboxylic acids is 1. The van der Waals surface area contributed by atoms with Crippen molar-refractivity contribution < 1.29 is 9.90 Å². The molecule has 0 spiro atoms. The van der Waals surface area contributed by atoms with Gasteiger partial charge in [-0.2, -0.15) is 0 Å². The molecule has 0 saturated heterocycles. The Hall–Kier alpha value is -1.31. The van der Waals surface area contributed by atoms with Gasteiger partial charge in [0.25, 0.3) is 0 Å². The van der Waals surface area contributed by atoms with Crippen LogP contribution in [0.1, 0.15) is 27.2 Å². The van der Waals surface area contributed by atoms with Crippen LogP contribution in [0.3, 0.4) is 0 Å². The summed E-state index contributed by atoms with van der Waals surface area (Å²) in [5.41, 5.74) is 2.10. The summed E-state index contributed by atoms with van der Waals surface area (Å²) >= 11 is 0. The van der Waals surface area contributed by atoms with Crippen LogP contribution in [0, 0.1) is 0 Å². The van der Waals surface area contributed by atoms with Crippen LogP contribution >= 0.6 is 0 Å². The smallest absolute Gasteiger partial charge is 0.335 e. The molecule has 0 aliphatic heterocycles. The van der Waals surface area contributed by atoms with Gasteiger partial charge in [-0.05, 0) is 32.4 Å². The van der Waals surface area contributed by atoms with Crippen molar-refractivity contribution >= 4 is 5.97 Å². The third kappa shape index (κ3) is 5.01. The standard InChI is InChI=1S/C11H16O2/c1-5-9(4)7-10(11(12)13)6-8(2)3/h6-7H,4-5H2,1-3H3,(H,12,13)/b10-7+. The molecule has 0 aliphatic carbocycles. The monoisotopic (exact) mass is 180 g/mol. The molecule has 0 aromatic carbocycles. The number of hydrogen-bond donors (Lipinski definition) is 1. The molecular weight excluding hydrogens is 164 g/mol. The van der Waals surface area contributed by atoms with Crippen molar-refractivity contribution in [1.29, 1.82) is 0 Å². The quantitative estimate of drug-likeness (QED) is 0.533. The lowest BCUT2D eigenvalue weighted by Crippen LogP contribution is -1.98. The van der Waals surface area contributed by atoms with E-state index in [9.17, 15) is 4.79 Å². The first-order valence-corrected chi connectivity index (χ1v) is 4.25. The largest absolute Gasteiger partial charge is 0.478 e. The minimum atomic E-state index is -0.907. The third-order valence-corrected chi connectivity index (χ3v) is 1.50. The predicted octanol–water partition coefficient (Wildman–Crippen LogP) is 2.93. The summed E-state index contributed by atoms with van der Waals surface area (Å²) in [6.45, 7) is 9.41. The van der Waals surface area contributed by atoms with Gasteiger partial charge in [-0.1, -0.05) is 24.6 Å². The lowest BCUT2D eigenvalue weighted by atomic mass is 10.1. The lowest BCUT2D eigenvalue weighted by Gasteiger charge is -1.98. The van der Waals surface area contributed by atoms with E-state index in [-0.39, 0.29) is 0 Å². The molecule has 1 N–H and O–H groups in total. The van der Waals surface area contributed by atoms with Crippen molar-refractivity contribution in [3.05, 3.63) is 35.5 Å². The number of carbonyl (C=O) groups is 1. The maximum absolute atomic E-state index is 10.7. The Balaban J connectivity index is 4.82. The van der Waals surface area contributed by atoms with Gasteiger partial charge >= 0.3 is 5.97 Å². The van der Waals surface area contributed by atoms with Crippen LogP contribution in [0.25, 0.3) is 0 Å². The summed E-state index contributed by atoms with van der Waals surface area (Å²) < 4.78 is 0. The van der Waals surface area contributed by atoms with Crippen LogP contribution in [0.2, 0.25) is 0 Å². The van der Waals surface area contributed by atoms with Crippen molar-refractivity contribution in [3.8, 4) is 0 Å². The van der Waals surface area contributed by atoms with E-state index >= 15 is 0 Å². The molecule has 2 heteroatoms. The molecule has 0 aromatic rings. The molecule has 0 unspecified atom stereocenters. The molecular formula is C11H16O2. The SMILES string of the molecule is C=C(/C=C(\C=C(C)C)C(=O)O)CC. The first-order valence-electron chi connectivity index (χ1n) is 4.25. The van der Waals surface area contributed by atoms with E-state index in [1.807, 2.05) is 20.8 Å². The zero-order chi connectivity index (χ0) is 10.4. The normalized spacial score (nSPS) is 10.8. The molecule has 13 heavy (non-hydrogen) atoms. The number of allylic oxidation sites excluding steroid dienone is 3. The van der Waals surface area contributed by atoms with E-state index in [4.69, 9.17) is 5.11 Å². The van der Waals surface area contributed by atoms with Gasteiger partial charge in [0.05, 0.1) is 5.57 Å². The summed E-state index contributed by atoms with van der Waals surface area (Å²) in [7, 11) is 0. The molecule has 2 nitrogen and oxygen atoms in total. The zero-order valence-electron chi connectivity index (χ0n) is 8.42. The van der Waals surface area contributed by atoms with Gasteiger partial charge in [-0.15, -0.1) is 0 Å². The minimum Gasteiger partial charge on any atom is -0.478 e. The highest BCUT2D eigenvalue weighted by Gasteiger charge is 2.03. The number of carboxylic acid groups (broad SMARTS) is 1. The van der Waals surface area contributed by atoms with Gasteiger partial charge in [0.1, 0.15) is 0 Å². The Labute approximate surface area is 79.3 Å². The highest BCUT2D eigenvalue weighted by molar-refractivity contribution is 5.90. The Kier molecular flexibility index (Phi) is 4.82. The maximum atomic E-state index is 10.7. The lowest BCUT2D eigenvalue weighted by molar-refractivity contribution is -0.132. The second kappa shape index (κ2) is 5.36. The van der Waals surface area contributed by atoms with Crippen LogP contribution in [-0.4, -0.2) is 11.1 Å². The van der Waals surface area contributed by atoms with E-state index in [0.29, 0.717) is 5.57 Å². The Morgan fingerprint density at radius 1 is 1.38 bits per heavy atom. The van der Waals surface area contributed by atoms with Gasteiger partial charge in [0.2, 0.25) is 0 Å². The molecule has 0 bridgehead atoms. The zero-order valence-corrected chi connectivity index (χ0v) is 8.42. The van der Waals surface area contributed by atoms with Gasteiger partial charge < -0.3 is 5.11 Å². The van der Waals surface area contributed by atoms with E-state index in [2.05, 4.69) is 6.58 Å². The average molecular weight is 180 g/mol. The Morgan fingerprint density at radius 2 is 1.92 bits per heavy atom. The first-order chi connectivity index (χ1) is 5.97. The van der Waals surface area contributed by atoms with Gasteiger partial charge in [0, 0.05) is 0 Å². The molecule has 0 amide bonds. The topological polar surface area (TPSA) is 37.3 Å². The van der Waals surface area contributed by atoms with Crippen LogP contribution < -0.4 is 0 Å². The fourth-order valence-corrected chi connectivity index (χ4v) is 0.798. The summed E-state index contributed by atoms with van der Waals surface area (Å²) in [6.07, 6.45) is 4.02. The number of rotatable bonds is 4. The van der Waals surface area contributed by atoms with E-state index in [0.717, 1.165) is 17.6 Å². The number of aliphatic carboxylic acids is 1. The summed E-state index contributed by atoms with van der Waals surface area (Å²) in [4.78, 5) is 10.7. The summed E-state index contributed by atoms with van der Waals surface area (Å²) in [6, 6.07) is 0. The molecule has 0 aromatic heterocycles. The van der Waals surface area contributed by atoms with E-state index in [1.54, 1.807) is 12.2 Å². The fourth-order valence-electron chi connectivity index (χ4n) is 0.798.